The highest BCUT2D eigenvalue weighted by atomic mass is 35.5. The summed E-state index contributed by atoms with van der Waals surface area (Å²) in [6.07, 6.45) is 0. The van der Waals surface area contributed by atoms with Gasteiger partial charge in [-0.1, -0.05) is 0 Å². The molecular weight excluding hydrogens is 156 g/mol. The fraction of sp³-hybridized carbons (Fsp3) is 0.600. The molecular formula is C5H9ClN2O2. The zero-order chi connectivity index (χ0) is 8.15. The smallest absolute Gasteiger partial charge is 0.321 e. The van der Waals surface area contributed by atoms with Crippen molar-refractivity contribution in [2.75, 3.05) is 7.05 Å². The summed E-state index contributed by atoms with van der Waals surface area (Å²) in [6, 6.07) is -0.544. The molecule has 0 bridgehead atoms. The van der Waals surface area contributed by atoms with E-state index in [0.717, 1.165) is 0 Å². The minimum absolute atomic E-state index is 0.499. The molecule has 0 saturated heterocycles. The number of carbonyl (C=O) groups excluding carboxylic acids is 2. The first kappa shape index (κ1) is 9.23. The monoisotopic (exact) mass is 164 g/mol. The summed E-state index contributed by atoms with van der Waals surface area (Å²) in [4.78, 5) is 21.0. The SMILES string of the molecule is CNC(=O)NC(=O)[C@H](C)Cl. The molecule has 3 amide bonds. The van der Waals surface area contributed by atoms with E-state index in [1.54, 1.807) is 0 Å². The highest BCUT2D eigenvalue weighted by Crippen LogP contribution is 1.91. The first-order valence-corrected chi connectivity index (χ1v) is 3.18. The third kappa shape index (κ3) is 3.29. The third-order valence-corrected chi connectivity index (χ3v) is 1.02. The van der Waals surface area contributed by atoms with Crippen LogP contribution in [0.1, 0.15) is 6.92 Å². The summed E-state index contributed by atoms with van der Waals surface area (Å²) in [5.41, 5.74) is 0. The molecule has 0 spiro atoms. The van der Waals surface area contributed by atoms with E-state index in [2.05, 4.69) is 5.32 Å². The van der Waals surface area contributed by atoms with Gasteiger partial charge in [-0.15, -0.1) is 11.6 Å². The highest BCUT2D eigenvalue weighted by Gasteiger charge is 2.10. The van der Waals surface area contributed by atoms with Gasteiger partial charge in [0.25, 0.3) is 0 Å². The molecule has 0 aromatic heterocycles. The number of halogens is 1. The van der Waals surface area contributed by atoms with Crippen molar-refractivity contribution in [2.24, 2.45) is 0 Å². The maximum atomic E-state index is 10.6. The molecule has 0 fully saturated rings. The quantitative estimate of drug-likeness (QED) is 0.539. The molecule has 0 aliphatic heterocycles. The Balaban J connectivity index is 3.69. The summed E-state index contributed by atoms with van der Waals surface area (Å²) in [6.45, 7) is 1.49. The minimum atomic E-state index is -0.683. The summed E-state index contributed by atoms with van der Waals surface area (Å²) in [5, 5.41) is 3.55. The maximum Gasteiger partial charge on any atom is 0.321 e. The third-order valence-electron chi connectivity index (χ3n) is 0.825. The van der Waals surface area contributed by atoms with Crippen LogP contribution in [-0.4, -0.2) is 24.4 Å². The predicted octanol–water partition coefficient (Wildman–Crippen LogP) is 0.0693. The zero-order valence-electron chi connectivity index (χ0n) is 5.77. The Kier molecular flexibility index (Phi) is 3.79. The minimum Gasteiger partial charge on any atom is -0.341 e. The molecule has 58 valence electrons. The van der Waals surface area contributed by atoms with Crippen molar-refractivity contribution in [1.29, 1.82) is 0 Å². The van der Waals surface area contributed by atoms with E-state index in [4.69, 9.17) is 11.6 Å². The number of urea groups is 1. The second kappa shape index (κ2) is 4.11. The Labute approximate surface area is 63.9 Å². The lowest BCUT2D eigenvalue weighted by molar-refractivity contribution is -0.119. The first-order valence-electron chi connectivity index (χ1n) is 2.74. The van der Waals surface area contributed by atoms with Crippen LogP contribution in [-0.2, 0) is 4.79 Å². The molecule has 0 unspecified atom stereocenters. The van der Waals surface area contributed by atoms with Gasteiger partial charge in [0.05, 0.1) is 0 Å². The molecule has 0 aliphatic carbocycles. The van der Waals surface area contributed by atoms with Crippen molar-refractivity contribution in [1.82, 2.24) is 10.6 Å². The molecule has 1 atom stereocenters. The first-order chi connectivity index (χ1) is 4.57. The van der Waals surface area contributed by atoms with Crippen molar-refractivity contribution in [3.8, 4) is 0 Å². The fourth-order valence-corrected chi connectivity index (χ4v) is 0.328. The van der Waals surface area contributed by atoms with E-state index in [9.17, 15) is 9.59 Å². The van der Waals surface area contributed by atoms with Crippen LogP contribution >= 0.6 is 11.6 Å². The molecule has 0 aromatic carbocycles. The summed E-state index contributed by atoms with van der Waals surface area (Å²) >= 11 is 5.34. The molecule has 0 aromatic rings. The predicted molar refractivity (Wildman–Crippen MR) is 37.9 cm³/mol. The number of rotatable bonds is 1. The molecule has 0 aliphatic rings. The zero-order valence-corrected chi connectivity index (χ0v) is 6.53. The lowest BCUT2D eigenvalue weighted by Gasteiger charge is -2.02. The maximum absolute atomic E-state index is 10.6. The molecule has 0 radical (unpaired) electrons. The van der Waals surface area contributed by atoms with Gasteiger partial charge >= 0.3 is 6.03 Å². The van der Waals surface area contributed by atoms with Gasteiger partial charge in [0.15, 0.2) is 0 Å². The number of hydrogen-bond acceptors (Lipinski definition) is 2. The average Bonchev–Trinajstić information content (AvgIpc) is 1.87. The van der Waals surface area contributed by atoms with Crippen LogP contribution in [0.5, 0.6) is 0 Å². The second-order valence-corrected chi connectivity index (χ2v) is 2.34. The number of hydrogen-bond donors (Lipinski definition) is 2. The van der Waals surface area contributed by atoms with Crippen LogP contribution in [0, 0.1) is 0 Å². The van der Waals surface area contributed by atoms with Gasteiger partial charge in [0.2, 0.25) is 5.91 Å². The molecule has 0 heterocycles. The van der Waals surface area contributed by atoms with E-state index < -0.39 is 17.3 Å². The van der Waals surface area contributed by atoms with Crippen LogP contribution in [0.25, 0.3) is 0 Å². The number of carbonyl (C=O) groups is 2. The molecule has 4 nitrogen and oxygen atoms in total. The number of alkyl halides is 1. The number of nitrogens with one attached hydrogen (secondary N) is 2. The molecule has 0 rings (SSSR count). The lowest BCUT2D eigenvalue weighted by atomic mass is 10.4. The number of imide groups is 1. The van der Waals surface area contributed by atoms with Crippen molar-refractivity contribution < 1.29 is 9.59 Å². The van der Waals surface area contributed by atoms with Crippen molar-refractivity contribution in [3.63, 3.8) is 0 Å². The van der Waals surface area contributed by atoms with Gasteiger partial charge in [-0.3, -0.25) is 10.1 Å². The summed E-state index contributed by atoms with van der Waals surface area (Å²) in [7, 11) is 1.42. The van der Waals surface area contributed by atoms with Crippen LogP contribution in [0.15, 0.2) is 0 Å². The van der Waals surface area contributed by atoms with Gasteiger partial charge in [-0.05, 0) is 6.92 Å². The van der Waals surface area contributed by atoms with Crippen LogP contribution in [0.3, 0.4) is 0 Å². The molecule has 0 saturated carbocycles. The molecule has 10 heavy (non-hydrogen) atoms. The standard InChI is InChI=1S/C5H9ClN2O2/c1-3(6)4(9)8-5(10)7-2/h3H,1-2H3,(H2,7,8,9,10)/t3-/m0/s1. The second-order valence-electron chi connectivity index (χ2n) is 1.68. The van der Waals surface area contributed by atoms with Crippen molar-refractivity contribution in [3.05, 3.63) is 0 Å². The van der Waals surface area contributed by atoms with Crippen LogP contribution in [0.4, 0.5) is 4.79 Å². The van der Waals surface area contributed by atoms with Gasteiger partial charge < -0.3 is 5.32 Å². The Morgan fingerprint density at radius 3 is 2.30 bits per heavy atom. The normalized spacial score (nSPS) is 11.9. The van der Waals surface area contributed by atoms with E-state index >= 15 is 0 Å². The average molecular weight is 165 g/mol. The fourth-order valence-electron chi connectivity index (χ4n) is 0.274. The summed E-state index contributed by atoms with van der Waals surface area (Å²) in [5.74, 6) is -0.499. The Morgan fingerprint density at radius 1 is 1.50 bits per heavy atom. The van der Waals surface area contributed by atoms with Crippen molar-refractivity contribution >= 4 is 23.5 Å². The largest absolute Gasteiger partial charge is 0.341 e. The highest BCUT2D eigenvalue weighted by molar-refractivity contribution is 6.31. The molecule has 5 heteroatoms. The van der Waals surface area contributed by atoms with Gasteiger partial charge in [-0.2, -0.15) is 0 Å². The number of amides is 3. The molecule has 2 N–H and O–H groups in total. The van der Waals surface area contributed by atoms with E-state index in [1.807, 2.05) is 5.32 Å². The Bertz CT molecular complexity index is 147. The van der Waals surface area contributed by atoms with E-state index in [0.29, 0.717) is 0 Å². The Morgan fingerprint density at radius 2 is 2.00 bits per heavy atom. The Hall–Kier alpha value is -0.770. The van der Waals surface area contributed by atoms with E-state index in [1.165, 1.54) is 14.0 Å². The lowest BCUT2D eigenvalue weighted by Crippen LogP contribution is -2.40. The van der Waals surface area contributed by atoms with Gasteiger partial charge in [-0.25, -0.2) is 4.79 Å². The van der Waals surface area contributed by atoms with Crippen LogP contribution < -0.4 is 10.6 Å². The van der Waals surface area contributed by atoms with Gasteiger partial charge in [0, 0.05) is 7.05 Å². The summed E-state index contributed by atoms with van der Waals surface area (Å²) < 4.78 is 0. The van der Waals surface area contributed by atoms with Crippen LogP contribution in [0.2, 0.25) is 0 Å². The van der Waals surface area contributed by atoms with E-state index in [-0.39, 0.29) is 0 Å². The van der Waals surface area contributed by atoms with Crippen molar-refractivity contribution in [2.45, 2.75) is 12.3 Å². The topological polar surface area (TPSA) is 58.2 Å². The van der Waals surface area contributed by atoms with Gasteiger partial charge in [0.1, 0.15) is 5.38 Å².